The molecule has 3 unspecified atom stereocenters. The Balaban J connectivity index is 2.16. The van der Waals surface area contributed by atoms with Gasteiger partial charge in [-0.25, -0.2) is 4.79 Å². The molecule has 1 rings (SSSR count). The molecule has 0 aliphatic heterocycles. The summed E-state index contributed by atoms with van der Waals surface area (Å²) in [6, 6.07) is 0.556. The monoisotopic (exact) mass is 302 g/mol. The zero-order chi connectivity index (χ0) is 15.9. The molecule has 0 bridgehead atoms. The van der Waals surface area contributed by atoms with E-state index in [1.54, 1.807) is 7.11 Å². The molecule has 1 fully saturated rings. The molecule has 0 radical (unpaired) electrons. The van der Waals surface area contributed by atoms with Crippen molar-refractivity contribution in [3.63, 3.8) is 0 Å². The lowest BCUT2D eigenvalue weighted by molar-refractivity contribution is 0.0505. The molecule has 3 atom stereocenters. The van der Waals surface area contributed by atoms with Gasteiger partial charge < -0.3 is 25.2 Å². The van der Waals surface area contributed by atoms with Gasteiger partial charge in [-0.2, -0.15) is 0 Å². The second-order valence-electron chi connectivity index (χ2n) is 6.71. The van der Waals surface area contributed by atoms with Crippen LogP contribution < -0.4 is 10.6 Å². The summed E-state index contributed by atoms with van der Waals surface area (Å²) in [6.45, 7) is 6.70. The van der Waals surface area contributed by atoms with Gasteiger partial charge in [-0.05, 0) is 53.0 Å². The van der Waals surface area contributed by atoms with E-state index in [2.05, 4.69) is 10.6 Å². The van der Waals surface area contributed by atoms with Crippen molar-refractivity contribution in [2.45, 2.75) is 70.2 Å². The standard InChI is InChI=1S/C15H30N2O4/c1-15(2,3)21-14(19)17-12-6-5-11(9-12)16-8-7-13(18)10-20-4/h11-13,16,18H,5-10H2,1-4H3,(H,17,19). The van der Waals surface area contributed by atoms with Crippen LogP contribution in [0.2, 0.25) is 0 Å². The molecule has 0 aromatic rings. The molecular formula is C15H30N2O4. The topological polar surface area (TPSA) is 79.8 Å². The summed E-state index contributed by atoms with van der Waals surface area (Å²) in [5, 5.41) is 15.9. The van der Waals surface area contributed by atoms with Crippen LogP contribution in [-0.4, -0.2) is 55.2 Å². The van der Waals surface area contributed by atoms with Crippen molar-refractivity contribution in [3.05, 3.63) is 0 Å². The zero-order valence-electron chi connectivity index (χ0n) is 13.6. The molecule has 0 aromatic heterocycles. The molecular weight excluding hydrogens is 272 g/mol. The third-order valence-electron chi connectivity index (χ3n) is 3.42. The summed E-state index contributed by atoms with van der Waals surface area (Å²) >= 11 is 0. The van der Waals surface area contributed by atoms with Crippen LogP contribution in [0.3, 0.4) is 0 Å². The van der Waals surface area contributed by atoms with Crippen LogP contribution in [0.4, 0.5) is 4.79 Å². The molecule has 0 spiro atoms. The predicted octanol–water partition coefficient (Wildman–Crippen LogP) is 1.42. The van der Waals surface area contributed by atoms with Gasteiger partial charge >= 0.3 is 6.09 Å². The van der Waals surface area contributed by atoms with Gasteiger partial charge in [0.05, 0.1) is 12.7 Å². The SMILES string of the molecule is COCC(O)CCNC1CCC(NC(=O)OC(C)(C)C)C1. The third kappa shape index (κ3) is 8.24. The first-order valence-electron chi connectivity index (χ1n) is 7.70. The van der Waals surface area contributed by atoms with Gasteiger partial charge in [0.2, 0.25) is 0 Å². The fraction of sp³-hybridized carbons (Fsp3) is 0.933. The minimum absolute atomic E-state index is 0.168. The Morgan fingerprint density at radius 2 is 2.00 bits per heavy atom. The molecule has 0 aromatic carbocycles. The van der Waals surface area contributed by atoms with Gasteiger partial charge in [0.25, 0.3) is 0 Å². The van der Waals surface area contributed by atoms with Crippen molar-refractivity contribution < 1.29 is 19.4 Å². The first-order valence-corrected chi connectivity index (χ1v) is 7.70. The molecule has 21 heavy (non-hydrogen) atoms. The van der Waals surface area contributed by atoms with Crippen molar-refractivity contribution in [2.24, 2.45) is 0 Å². The van der Waals surface area contributed by atoms with Crippen LogP contribution in [0.1, 0.15) is 46.5 Å². The van der Waals surface area contributed by atoms with E-state index in [0.717, 1.165) is 25.8 Å². The highest BCUT2D eigenvalue weighted by atomic mass is 16.6. The Labute approximate surface area is 127 Å². The number of amides is 1. The molecule has 1 amide bonds. The van der Waals surface area contributed by atoms with E-state index in [1.807, 2.05) is 20.8 Å². The second kappa shape index (κ2) is 8.56. The predicted molar refractivity (Wildman–Crippen MR) is 81.3 cm³/mol. The summed E-state index contributed by atoms with van der Waals surface area (Å²) in [7, 11) is 1.58. The van der Waals surface area contributed by atoms with Gasteiger partial charge in [0, 0.05) is 19.2 Å². The van der Waals surface area contributed by atoms with E-state index >= 15 is 0 Å². The number of aliphatic hydroxyl groups excluding tert-OH is 1. The molecule has 6 heteroatoms. The van der Waals surface area contributed by atoms with Crippen LogP contribution in [0.25, 0.3) is 0 Å². The molecule has 1 aliphatic carbocycles. The smallest absolute Gasteiger partial charge is 0.407 e. The van der Waals surface area contributed by atoms with Gasteiger partial charge in [-0.15, -0.1) is 0 Å². The fourth-order valence-corrected chi connectivity index (χ4v) is 2.50. The number of hydrogen-bond acceptors (Lipinski definition) is 5. The average Bonchev–Trinajstić information content (AvgIpc) is 2.74. The number of methoxy groups -OCH3 is 1. The Hall–Kier alpha value is -0.850. The van der Waals surface area contributed by atoms with Crippen molar-refractivity contribution in [1.29, 1.82) is 0 Å². The maximum Gasteiger partial charge on any atom is 0.407 e. The number of carbonyl (C=O) groups excluding carboxylic acids is 1. The van der Waals surface area contributed by atoms with Gasteiger partial charge in [0.15, 0.2) is 0 Å². The Morgan fingerprint density at radius 3 is 2.62 bits per heavy atom. The molecule has 124 valence electrons. The quantitative estimate of drug-likeness (QED) is 0.663. The zero-order valence-corrected chi connectivity index (χ0v) is 13.6. The van der Waals surface area contributed by atoms with E-state index in [-0.39, 0.29) is 12.1 Å². The van der Waals surface area contributed by atoms with E-state index in [0.29, 0.717) is 19.1 Å². The largest absolute Gasteiger partial charge is 0.444 e. The molecule has 1 aliphatic rings. The molecule has 3 N–H and O–H groups in total. The van der Waals surface area contributed by atoms with Crippen molar-refractivity contribution in [3.8, 4) is 0 Å². The van der Waals surface area contributed by atoms with Crippen molar-refractivity contribution in [1.82, 2.24) is 10.6 Å². The summed E-state index contributed by atoms with van der Waals surface area (Å²) < 4.78 is 10.1. The number of alkyl carbamates (subject to hydrolysis) is 1. The highest BCUT2D eigenvalue weighted by Crippen LogP contribution is 2.20. The van der Waals surface area contributed by atoms with Crippen molar-refractivity contribution in [2.75, 3.05) is 20.3 Å². The minimum Gasteiger partial charge on any atom is -0.444 e. The molecule has 0 heterocycles. The maximum atomic E-state index is 11.7. The van der Waals surface area contributed by atoms with Crippen LogP contribution in [0.15, 0.2) is 0 Å². The van der Waals surface area contributed by atoms with Crippen molar-refractivity contribution >= 4 is 6.09 Å². The Bertz CT molecular complexity index is 317. The lowest BCUT2D eigenvalue weighted by Gasteiger charge is -2.22. The highest BCUT2D eigenvalue weighted by Gasteiger charge is 2.27. The number of carbonyl (C=O) groups is 1. The van der Waals surface area contributed by atoms with Crippen LogP contribution in [-0.2, 0) is 9.47 Å². The highest BCUT2D eigenvalue weighted by molar-refractivity contribution is 5.68. The van der Waals surface area contributed by atoms with Gasteiger partial charge in [-0.1, -0.05) is 0 Å². The van der Waals surface area contributed by atoms with E-state index in [1.165, 1.54) is 0 Å². The lowest BCUT2D eigenvalue weighted by atomic mass is 10.2. The summed E-state index contributed by atoms with van der Waals surface area (Å²) in [6.07, 6.45) is 2.80. The molecule has 0 saturated heterocycles. The fourth-order valence-electron chi connectivity index (χ4n) is 2.50. The Kier molecular flexibility index (Phi) is 7.42. The normalized spacial score (nSPS) is 23.9. The third-order valence-corrected chi connectivity index (χ3v) is 3.42. The number of ether oxygens (including phenoxy) is 2. The average molecular weight is 302 g/mol. The lowest BCUT2D eigenvalue weighted by Crippen LogP contribution is -2.39. The van der Waals surface area contributed by atoms with E-state index in [4.69, 9.17) is 9.47 Å². The Morgan fingerprint density at radius 1 is 1.33 bits per heavy atom. The molecule has 1 saturated carbocycles. The van der Waals surface area contributed by atoms with E-state index in [9.17, 15) is 9.90 Å². The van der Waals surface area contributed by atoms with E-state index < -0.39 is 11.7 Å². The van der Waals surface area contributed by atoms with Gasteiger partial charge in [-0.3, -0.25) is 0 Å². The summed E-state index contributed by atoms with van der Waals surface area (Å²) in [4.78, 5) is 11.7. The van der Waals surface area contributed by atoms with Crippen LogP contribution in [0.5, 0.6) is 0 Å². The van der Waals surface area contributed by atoms with Crippen LogP contribution in [0, 0.1) is 0 Å². The summed E-state index contributed by atoms with van der Waals surface area (Å²) in [5.41, 5.74) is -0.460. The van der Waals surface area contributed by atoms with Crippen LogP contribution >= 0.6 is 0 Å². The summed E-state index contributed by atoms with van der Waals surface area (Å²) in [5.74, 6) is 0. The maximum absolute atomic E-state index is 11.7. The second-order valence-corrected chi connectivity index (χ2v) is 6.71. The first-order chi connectivity index (χ1) is 9.80. The molecule has 6 nitrogen and oxygen atoms in total. The minimum atomic E-state index is -0.460. The number of hydrogen-bond donors (Lipinski definition) is 3. The number of aliphatic hydroxyl groups is 1. The number of nitrogens with one attached hydrogen (secondary N) is 2. The van der Waals surface area contributed by atoms with Gasteiger partial charge in [0.1, 0.15) is 5.60 Å². The number of rotatable bonds is 7. The first kappa shape index (κ1) is 18.2.